The molecule has 0 saturated carbocycles. The van der Waals surface area contributed by atoms with E-state index in [2.05, 4.69) is 36.9 Å². The van der Waals surface area contributed by atoms with Gasteiger partial charge in [-0.05, 0) is 55.8 Å². The van der Waals surface area contributed by atoms with Crippen LogP contribution in [0.1, 0.15) is 64.0 Å². The number of hydrogen-bond acceptors (Lipinski definition) is 4. The van der Waals surface area contributed by atoms with Crippen LogP contribution in [0.25, 0.3) is 22.2 Å². The molecule has 1 atom stereocenters. The maximum atomic E-state index is 11.4. The SMILES string of the molecule is CCCCCN(CCCCC)CC(O)c1cc(-c2ccccc2)nc2ccc(OC)cc12. The lowest BCUT2D eigenvalue weighted by Gasteiger charge is -2.26. The highest BCUT2D eigenvalue weighted by atomic mass is 16.5. The summed E-state index contributed by atoms with van der Waals surface area (Å²) < 4.78 is 5.46. The second-order valence-corrected chi connectivity index (χ2v) is 8.58. The fourth-order valence-corrected chi connectivity index (χ4v) is 4.20. The van der Waals surface area contributed by atoms with Crippen molar-refractivity contribution in [1.82, 2.24) is 9.88 Å². The van der Waals surface area contributed by atoms with E-state index >= 15 is 0 Å². The predicted molar refractivity (Wildman–Crippen MR) is 134 cm³/mol. The van der Waals surface area contributed by atoms with Crippen molar-refractivity contribution in [1.29, 1.82) is 0 Å². The first kappa shape index (κ1) is 24.2. The van der Waals surface area contributed by atoms with E-state index in [1.54, 1.807) is 7.11 Å². The van der Waals surface area contributed by atoms with Gasteiger partial charge in [0, 0.05) is 17.5 Å². The Morgan fingerprint density at radius 2 is 1.59 bits per heavy atom. The zero-order valence-electron chi connectivity index (χ0n) is 19.9. The molecule has 4 nitrogen and oxygen atoms in total. The topological polar surface area (TPSA) is 45.6 Å². The number of aliphatic hydroxyl groups is 1. The monoisotopic (exact) mass is 434 g/mol. The van der Waals surface area contributed by atoms with E-state index in [1.807, 2.05) is 36.4 Å². The van der Waals surface area contributed by atoms with Crippen LogP contribution in [0.4, 0.5) is 0 Å². The van der Waals surface area contributed by atoms with E-state index in [4.69, 9.17) is 9.72 Å². The third-order valence-corrected chi connectivity index (χ3v) is 6.06. The van der Waals surface area contributed by atoms with E-state index in [0.717, 1.165) is 46.6 Å². The molecule has 2 aromatic carbocycles. The lowest BCUT2D eigenvalue weighted by Crippen LogP contribution is -2.31. The number of aromatic nitrogens is 1. The van der Waals surface area contributed by atoms with Crippen molar-refractivity contribution < 1.29 is 9.84 Å². The lowest BCUT2D eigenvalue weighted by molar-refractivity contribution is 0.111. The standard InChI is InChI=1S/C28H38N2O2/c1-4-6-11-17-30(18-12-7-5-2)21-28(31)25-20-27(22-13-9-8-10-14-22)29-26-16-15-23(32-3)19-24(25)26/h8-10,13-16,19-20,28,31H,4-7,11-12,17-18,21H2,1-3H3. The van der Waals surface area contributed by atoms with Gasteiger partial charge in [-0.15, -0.1) is 0 Å². The van der Waals surface area contributed by atoms with Crippen LogP contribution >= 0.6 is 0 Å². The highest BCUT2D eigenvalue weighted by Crippen LogP contribution is 2.31. The Hall–Kier alpha value is -2.43. The van der Waals surface area contributed by atoms with Crippen molar-refractivity contribution in [3.05, 3.63) is 60.2 Å². The highest BCUT2D eigenvalue weighted by Gasteiger charge is 2.18. The average Bonchev–Trinajstić information content (AvgIpc) is 2.83. The maximum absolute atomic E-state index is 11.4. The van der Waals surface area contributed by atoms with Gasteiger partial charge in [0.25, 0.3) is 0 Å². The third kappa shape index (κ3) is 6.54. The van der Waals surface area contributed by atoms with Crippen LogP contribution in [-0.2, 0) is 0 Å². The second kappa shape index (κ2) is 12.6. The molecule has 1 unspecified atom stereocenters. The first-order valence-corrected chi connectivity index (χ1v) is 12.1. The number of nitrogens with zero attached hydrogens (tertiary/aromatic N) is 2. The predicted octanol–water partition coefficient (Wildman–Crippen LogP) is 6.63. The van der Waals surface area contributed by atoms with Crippen LogP contribution in [0, 0.1) is 0 Å². The molecule has 0 aliphatic heterocycles. The number of ether oxygens (including phenoxy) is 1. The third-order valence-electron chi connectivity index (χ3n) is 6.06. The van der Waals surface area contributed by atoms with Crippen LogP contribution in [0.3, 0.4) is 0 Å². The summed E-state index contributed by atoms with van der Waals surface area (Å²) in [6.45, 7) is 7.17. The summed E-state index contributed by atoms with van der Waals surface area (Å²) in [7, 11) is 1.67. The largest absolute Gasteiger partial charge is 0.497 e. The molecule has 4 heteroatoms. The number of unbranched alkanes of at least 4 members (excludes halogenated alkanes) is 4. The molecule has 1 aromatic heterocycles. The van der Waals surface area contributed by atoms with E-state index in [0.29, 0.717) is 6.54 Å². The van der Waals surface area contributed by atoms with Crippen molar-refractivity contribution in [2.45, 2.75) is 58.5 Å². The summed E-state index contributed by atoms with van der Waals surface area (Å²) in [4.78, 5) is 7.32. The van der Waals surface area contributed by atoms with Gasteiger partial charge in [-0.25, -0.2) is 4.98 Å². The minimum atomic E-state index is -0.585. The first-order chi connectivity index (χ1) is 15.7. The van der Waals surface area contributed by atoms with E-state index in [1.165, 1.54) is 38.5 Å². The average molecular weight is 435 g/mol. The van der Waals surface area contributed by atoms with Crippen LogP contribution in [0.2, 0.25) is 0 Å². The van der Waals surface area contributed by atoms with Gasteiger partial charge in [-0.2, -0.15) is 0 Å². The Morgan fingerprint density at radius 1 is 0.906 bits per heavy atom. The Morgan fingerprint density at radius 3 is 2.22 bits per heavy atom. The molecule has 32 heavy (non-hydrogen) atoms. The molecule has 0 bridgehead atoms. The first-order valence-electron chi connectivity index (χ1n) is 12.1. The van der Waals surface area contributed by atoms with Crippen molar-refractivity contribution in [2.75, 3.05) is 26.7 Å². The summed E-state index contributed by atoms with van der Waals surface area (Å²) in [5.41, 5.74) is 3.75. The number of benzene rings is 2. The highest BCUT2D eigenvalue weighted by molar-refractivity contribution is 5.86. The number of methoxy groups -OCH3 is 1. The van der Waals surface area contributed by atoms with Gasteiger partial charge in [0.2, 0.25) is 0 Å². The molecule has 3 aromatic rings. The van der Waals surface area contributed by atoms with E-state index in [9.17, 15) is 5.11 Å². The summed E-state index contributed by atoms with van der Waals surface area (Å²) in [6.07, 6.45) is 6.65. The normalized spacial score (nSPS) is 12.4. The van der Waals surface area contributed by atoms with Crippen molar-refractivity contribution in [3.8, 4) is 17.0 Å². The number of rotatable bonds is 13. The summed E-state index contributed by atoms with van der Waals surface area (Å²) in [6, 6.07) is 18.1. The fourth-order valence-electron chi connectivity index (χ4n) is 4.20. The number of aliphatic hydroxyl groups excluding tert-OH is 1. The number of hydrogen-bond donors (Lipinski definition) is 1. The van der Waals surface area contributed by atoms with Gasteiger partial charge in [-0.3, -0.25) is 0 Å². The van der Waals surface area contributed by atoms with Crippen molar-refractivity contribution in [3.63, 3.8) is 0 Å². The Bertz CT molecular complexity index is 948. The molecule has 0 amide bonds. The van der Waals surface area contributed by atoms with Gasteiger partial charge in [-0.1, -0.05) is 69.9 Å². The minimum absolute atomic E-state index is 0.585. The van der Waals surface area contributed by atoms with Gasteiger partial charge >= 0.3 is 0 Å². The molecular weight excluding hydrogens is 396 g/mol. The zero-order chi connectivity index (χ0) is 22.8. The zero-order valence-corrected chi connectivity index (χ0v) is 19.9. The van der Waals surface area contributed by atoms with Gasteiger partial charge in [0.1, 0.15) is 5.75 Å². The summed E-state index contributed by atoms with van der Waals surface area (Å²) >= 11 is 0. The summed E-state index contributed by atoms with van der Waals surface area (Å²) in [5, 5.41) is 12.4. The molecule has 3 rings (SSSR count). The van der Waals surface area contributed by atoms with Crippen molar-refractivity contribution >= 4 is 10.9 Å². The Labute approximate surface area is 193 Å². The molecule has 0 fully saturated rings. The minimum Gasteiger partial charge on any atom is -0.497 e. The molecule has 0 saturated heterocycles. The molecule has 0 aliphatic carbocycles. The lowest BCUT2D eigenvalue weighted by atomic mass is 9.99. The van der Waals surface area contributed by atoms with E-state index < -0.39 is 6.10 Å². The number of fused-ring (bicyclic) bond motifs is 1. The van der Waals surface area contributed by atoms with Gasteiger partial charge in [0.15, 0.2) is 0 Å². The second-order valence-electron chi connectivity index (χ2n) is 8.58. The smallest absolute Gasteiger partial charge is 0.119 e. The molecule has 0 spiro atoms. The molecule has 1 N–H and O–H groups in total. The Balaban J connectivity index is 1.93. The van der Waals surface area contributed by atoms with Crippen molar-refractivity contribution in [2.24, 2.45) is 0 Å². The summed E-state index contributed by atoms with van der Waals surface area (Å²) in [5.74, 6) is 0.781. The van der Waals surface area contributed by atoms with Crippen LogP contribution in [0.15, 0.2) is 54.6 Å². The molecular formula is C28H38N2O2. The number of pyridine rings is 1. The van der Waals surface area contributed by atoms with Crippen LogP contribution < -0.4 is 4.74 Å². The van der Waals surface area contributed by atoms with Crippen LogP contribution in [0.5, 0.6) is 5.75 Å². The van der Waals surface area contributed by atoms with Crippen LogP contribution in [-0.4, -0.2) is 41.7 Å². The molecule has 1 heterocycles. The molecule has 172 valence electrons. The van der Waals surface area contributed by atoms with Gasteiger partial charge in [0.05, 0.1) is 24.4 Å². The maximum Gasteiger partial charge on any atom is 0.119 e. The molecule has 0 aliphatic rings. The van der Waals surface area contributed by atoms with E-state index in [-0.39, 0.29) is 0 Å². The fraction of sp³-hybridized carbons (Fsp3) is 0.464. The Kier molecular flexibility index (Phi) is 9.51. The molecule has 0 radical (unpaired) electrons. The van der Waals surface area contributed by atoms with Gasteiger partial charge < -0.3 is 14.7 Å². The quantitative estimate of drug-likeness (QED) is 0.307.